The van der Waals surface area contributed by atoms with Crippen molar-refractivity contribution in [2.75, 3.05) is 9.16 Å². The summed E-state index contributed by atoms with van der Waals surface area (Å²) in [5, 5.41) is 2.83. The van der Waals surface area contributed by atoms with Crippen LogP contribution in [0.5, 0.6) is 0 Å². The lowest BCUT2D eigenvalue weighted by Crippen LogP contribution is -2.23. The summed E-state index contributed by atoms with van der Waals surface area (Å²) >= 11 is 0. The van der Waals surface area contributed by atoms with Gasteiger partial charge in [0.05, 0.1) is 5.69 Å². The minimum Gasteiger partial charge on any atom is -0.308 e. The molecule has 24 heavy (non-hydrogen) atoms. The van der Waals surface area contributed by atoms with E-state index in [1.807, 2.05) is 12.1 Å². The van der Waals surface area contributed by atoms with E-state index in [9.17, 15) is 9.13 Å². The van der Waals surface area contributed by atoms with Gasteiger partial charge >= 0.3 is 7.59 Å². The van der Waals surface area contributed by atoms with Crippen molar-refractivity contribution >= 4 is 48.5 Å². The van der Waals surface area contributed by atoms with Gasteiger partial charge in [0.15, 0.2) is 0 Å². The van der Waals surface area contributed by atoms with Gasteiger partial charge in [-0.1, -0.05) is 36.4 Å². The zero-order valence-corrected chi connectivity index (χ0v) is 15.9. The van der Waals surface area contributed by atoms with Crippen LogP contribution in [0.4, 0.5) is 11.4 Å². The van der Waals surface area contributed by atoms with Gasteiger partial charge in [-0.3, -0.25) is 20.1 Å². The molecule has 12 heteroatoms. The molecule has 1 atom stereocenters. The molecule has 0 aliphatic heterocycles. The Kier molecular flexibility index (Phi) is 6.79. The second kappa shape index (κ2) is 8.42. The second-order valence-corrected chi connectivity index (χ2v) is 10.6. The third kappa shape index (κ3) is 6.16. The maximum Gasteiger partial charge on any atom is 0.338 e. The van der Waals surface area contributed by atoms with Gasteiger partial charge in [-0.15, -0.1) is 0 Å². The largest absolute Gasteiger partial charge is 0.338 e. The fraction of sp³-hybridized carbons (Fsp3) is 0. The van der Waals surface area contributed by atoms with Crippen LogP contribution in [-0.2, 0) is 9.13 Å². The summed E-state index contributed by atoms with van der Waals surface area (Å²) in [7, 11) is -5.06. The van der Waals surface area contributed by atoms with Crippen LogP contribution in [0.25, 0.3) is 0 Å². The average molecular weight is 404 g/mol. The van der Waals surface area contributed by atoms with Crippen molar-refractivity contribution in [3.63, 3.8) is 0 Å². The first-order chi connectivity index (χ1) is 11.3. The lowest BCUT2D eigenvalue weighted by atomic mass is 10.3. The first-order valence-corrected chi connectivity index (χ1v) is 12.3. The molecule has 130 valence electrons. The number of para-hydroxylation sites is 2. The predicted octanol–water partition coefficient (Wildman–Crippen LogP) is 3.50. The molecule has 1 unspecified atom stereocenters. The van der Waals surface area contributed by atoms with Gasteiger partial charge in [-0.25, -0.2) is 9.58 Å². The number of anilines is 2. The highest BCUT2D eigenvalue weighted by Crippen LogP contribution is 2.52. The summed E-state index contributed by atoms with van der Waals surface area (Å²) in [6, 6.07) is 17.9. The highest BCUT2D eigenvalue weighted by atomic mass is 33.1. The molecule has 2 rings (SSSR count). The van der Waals surface area contributed by atoms with Gasteiger partial charge in [-0.05, 0) is 24.3 Å². The molecule has 0 saturated heterocycles. The number of nitrogens with one attached hydrogen (secondary N) is 2. The molecule has 0 aromatic heterocycles. The van der Waals surface area contributed by atoms with E-state index in [0.29, 0.717) is 11.4 Å². The number of benzene rings is 2. The van der Waals surface area contributed by atoms with Crippen LogP contribution in [0.3, 0.4) is 0 Å². The number of hydrogen-bond acceptors (Lipinski definition) is 4. The highest BCUT2D eigenvalue weighted by Gasteiger charge is 2.28. The van der Waals surface area contributed by atoms with Crippen LogP contribution < -0.4 is 30.2 Å². The van der Waals surface area contributed by atoms with E-state index in [2.05, 4.69) is 9.58 Å². The maximum absolute atomic E-state index is 13.0. The quantitative estimate of drug-likeness (QED) is 0.252. The maximum atomic E-state index is 13.0. The van der Waals surface area contributed by atoms with Crippen molar-refractivity contribution in [1.82, 2.24) is 4.49 Å². The normalized spacial score (nSPS) is 14.0. The minimum atomic E-state index is -3.51. The first-order valence-electron chi connectivity index (χ1n) is 6.64. The fourth-order valence-corrected chi connectivity index (χ4v) is 7.17. The molecule has 0 amide bonds. The van der Waals surface area contributed by atoms with Crippen LogP contribution in [-0.4, -0.2) is 0 Å². The minimum absolute atomic E-state index is 0.606. The van der Waals surface area contributed by atoms with Crippen molar-refractivity contribution in [1.29, 1.82) is 0 Å². The Morgan fingerprint density at radius 3 is 1.96 bits per heavy atom. The lowest BCUT2D eigenvalue weighted by molar-refractivity contribution is 0.575. The van der Waals surface area contributed by atoms with Crippen LogP contribution in [0.2, 0.25) is 0 Å². The molecule has 8 N–H and O–H groups in total. The van der Waals surface area contributed by atoms with E-state index >= 15 is 0 Å². The number of hydrogen-bond donors (Lipinski definition) is 5. The standard InChI is InChI=1S/C12H18N6O2P2S2/c13-21(14,19)17-23-24-18(12-9-5-2-6-10-12)22(15,20)16-11-7-3-1-4-8-11/h1-10H,(H3,15,16,20)(H5,13,14,17,19). The molecule has 0 heterocycles. The molecule has 0 saturated carbocycles. The summed E-state index contributed by atoms with van der Waals surface area (Å²) in [5.74, 6) is 0. The monoisotopic (exact) mass is 404 g/mol. The Bertz CT molecular complexity index is 746. The summed E-state index contributed by atoms with van der Waals surface area (Å²) in [4.78, 5) is 0. The molecule has 8 nitrogen and oxygen atoms in total. The van der Waals surface area contributed by atoms with Gasteiger partial charge in [0.25, 0.3) is 7.59 Å². The van der Waals surface area contributed by atoms with Crippen LogP contribution in [0.1, 0.15) is 0 Å². The smallest absolute Gasteiger partial charge is 0.308 e. The third-order valence-corrected chi connectivity index (χ3v) is 8.46. The molecule has 0 aliphatic carbocycles. The molecule has 0 fully saturated rings. The Labute approximate surface area is 148 Å². The van der Waals surface area contributed by atoms with Crippen LogP contribution >= 0.6 is 37.1 Å². The molecule has 0 spiro atoms. The van der Waals surface area contributed by atoms with Crippen LogP contribution in [0, 0.1) is 0 Å². The number of rotatable bonds is 8. The molecule has 0 aliphatic rings. The average Bonchev–Trinajstić information content (AvgIpc) is 2.52. The molecule has 2 aromatic carbocycles. The first kappa shape index (κ1) is 19.4. The SMILES string of the molecule is NP(N)(=O)NSSN(c1ccccc1)P(N)(=O)Nc1ccccc1. The Morgan fingerprint density at radius 1 is 0.875 bits per heavy atom. The fourth-order valence-electron chi connectivity index (χ4n) is 1.67. The van der Waals surface area contributed by atoms with Crippen molar-refractivity contribution < 1.29 is 9.13 Å². The van der Waals surface area contributed by atoms with Crippen molar-refractivity contribution in [3.05, 3.63) is 60.7 Å². The van der Waals surface area contributed by atoms with Gasteiger partial charge in [0.1, 0.15) is 0 Å². The Morgan fingerprint density at radius 2 is 1.42 bits per heavy atom. The zero-order valence-electron chi connectivity index (χ0n) is 12.5. The van der Waals surface area contributed by atoms with Gasteiger partial charge in [0, 0.05) is 27.6 Å². The summed E-state index contributed by atoms with van der Waals surface area (Å²) in [5.41, 5.74) is 17.8. The molecular weight excluding hydrogens is 386 g/mol. The van der Waals surface area contributed by atoms with Gasteiger partial charge in [0.2, 0.25) is 0 Å². The number of nitrogens with two attached hydrogens (primary N) is 3. The van der Waals surface area contributed by atoms with E-state index in [0.717, 1.165) is 22.0 Å². The van der Waals surface area contributed by atoms with Gasteiger partial charge in [-0.2, -0.15) is 4.49 Å². The predicted molar refractivity (Wildman–Crippen MR) is 105 cm³/mol. The molecule has 0 bridgehead atoms. The van der Waals surface area contributed by atoms with E-state index in [1.165, 1.54) is 4.08 Å². The van der Waals surface area contributed by atoms with Crippen molar-refractivity contribution in [3.8, 4) is 0 Å². The zero-order chi connectivity index (χ0) is 17.6. The summed E-state index contributed by atoms with van der Waals surface area (Å²) < 4.78 is 28.2. The highest BCUT2D eigenvalue weighted by molar-refractivity contribution is 8.78. The Balaban J connectivity index is 2.20. The molecule has 2 aromatic rings. The van der Waals surface area contributed by atoms with Crippen molar-refractivity contribution in [2.24, 2.45) is 16.5 Å². The lowest BCUT2D eigenvalue weighted by Gasteiger charge is -2.29. The molecule has 0 radical (unpaired) electrons. The van der Waals surface area contributed by atoms with E-state index < -0.39 is 15.2 Å². The van der Waals surface area contributed by atoms with Gasteiger partial charge < -0.3 is 5.09 Å². The molecular formula is C12H18N6O2P2S2. The van der Waals surface area contributed by atoms with E-state index in [-0.39, 0.29) is 0 Å². The van der Waals surface area contributed by atoms with Crippen molar-refractivity contribution in [2.45, 2.75) is 0 Å². The number of nitrogens with zero attached hydrogens (tertiary/aromatic N) is 1. The Hall–Kier alpha value is -0.960. The third-order valence-electron chi connectivity index (χ3n) is 2.60. The topological polar surface area (TPSA) is 140 Å². The summed E-state index contributed by atoms with van der Waals surface area (Å²) in [6.45, 7) is 0. The van der Waals surface area contributed by atoms with E-state index in [4.69, 9.17) is 16.5 Å². The second-order valence-electron chi connectivity index (χ2n) is 4.67. The van der Waals surface area contributed by atoms with Crippen LogP contribution in [0.15, 0.2) is 60.7 Å². The van der Waals surface area contributed by atoms with E-state index in [1.54, 1.807) is 48.5 Å². The summed E-state index contributed by atoms with van der Waals surface area (Å²) in [6.07, 6.45) is 0.